The third kappa shape index (κ3) is 3.15. The van der Waals surface area contributed by atoms with Crippen molar-refractivity contribution in [3.05, 3.63) is 51.7 Å². The maximum absolute atomic E-state index is 10.5. The van der Waals surface area contributed by atoms with Crippen LogP contribution in [0.3, 0.4) is 0 Å². The topological polar surface area (TPSA) is 50.4 Å². The minimum atomic E-state index is -0.992. The highest BCUT2D eigenvalue weighted by atomic mass is 79.9. The molecule has 0 aliphatic heterocycles. The van der Waals surface area contributed by atoms with Gasteiger partial charge in [0.15, 0.2) is 0 Å². The highest BCUT2D eigenvalue weighted by Crippen LogP contribution is 2.30. The predicted octanol–water partition coefficient (Wildman–Crippen LogP) is 4.42. The quantitative estimate of drug-likeness (QED) is 0.851. The molecule has 1 aromatic carbocycles. The summed E-state index contributed by atoms with van der Waals surface area (Å²) in [5.74, 6) is 0.268. The predicted molar refractivity (Wildman–Crippen MR) is 78.0 cm³/mol. The van der Waals surface area contributed by atoms with Gasteiger partial charge in [0.1, 0.15) is 11.5 Å². The van der Waals surface area contributed by atoms with Crippen molar-refractivity contribution in [1.82, 2.24) is 0 Å². The van der Waals surface area contributed by atoms with Gasteiger partial charge >= 0.3 is 5.97 Å². The van der Waals surface area contributed by atoms with Crippen LogP contribution in [0.25, 0.3) is 17.4 Å². The highest BCUT2D eigenvalue weighted by molar-refractivity contribution is 9.10. The van der Waals surface area contributed by atoms with E-state index in [0.29, 0.717) is 5.76 Å². The van der Waals surface area contributed by atoms with E-state index in [0.717, 1.165) is 33.0 Å². The first kappa shape index (κ1) is 13.6. The number of carboxylic acid groups (broad SMARTS) is 1. The van der Waals surface area contributed by atoms with Crippen molar-refractivity contribution in [1.29, 1.82) is 0 Å². The molecule has 0 radical (unpaired) electrons. The maximum atomic E-state index is 10.5. The van der Waals surface area contributed by atoms with E-state index >= 15 is 0 Å². The summed E-state index contributed by atoms with van der Waals surface area (Å²) >= 11 is 3.49. The molecule has 4 heteroatoms. The van der Waals surface area contributed by atoms with Crippen LogP contribution in [0.15, 0.2) is 39.2 Å². The van der Waals surface area contributed by atoms with Crippen LogP contribution in [0.4, 0.5) is 0 Å². The Morgan fingerprint density at radius 1 is 1.26 bits per heavy atom. The normalized spacial score (nSPS) is 11.1. The molecule has 0 saturated heterocycles. The number of halogens is 1. The van der Waals surface area contributed by atoms with Gasteiger partial charge in [-0.2, -0.15) is 0 Å². The van der Waals surface area contributed by atoms with E-state index in [4.69, 9.17) is 9.52 Å². The van der Waals surface area contributed by atoms with Crippen LogP contribution < -0.4 is 0 Å². The Labute approximate surface area is 119 Å². The number of carbonyl (C=O) groups is 1. The third-order valence-electron chi connectivity index (χ3n) is 2.79. The molecule has 1 aromatic heterocycles. The van der Waals surface area contributed by atoms with E-state index < -0.39 is 5.97 Å². The maximum Gasteiger partial charge on any atom is 0.328 e. The second-order valence-corrected chi connectivity index (χ2v) is 5.14. The Morgan fingerprint density at radius 2 is 2.00 bits per heavy atom. The van der Waals surface area contributed by atoms with E-state index in [-0.39, 0.29) is 0 Å². The molecule has 1 heterocycles. The van der Waals surface area contributed by atoms with Gasteiger partial charge in [0.2, 0.25) is 0 Å². The van der Waals surface area contributed by atoms with E-state index in [1.54, 1.807) is 6.07 Å². The molecular formula is C15H13BrO3. The summed E-state index contributed by atoms with van der Waals surface area (Å²) in [6.07, 6.45) is 2.50. The van der Waals surface area contributed by atoms with Crippen molar-refractivity contribution < 1.29 is 14.3 Å². The van der Waals surface area contributed by atoms with Crippen LogP contribution in [-0.2, 0) is 4.79 Å². The zero-order chi connectivity index (χ0) is 14.0. The molecule has 0 aliphatic rings. The molecule has 1 N–H and O–H groups in total. The SMILES string of the molecule is Cc1cc(-c2ccc(/C=C/C(=O)O)o2)c(C)cc1Br. The molecule has 2 aromatic rings. The summed E-state index contributed by atoms with van der Waals surface area (Å²) in [7, 11) is 0. The average Bonchev–Trinajstić information content (AvgIpc) is 2.80. The molecule has 98 valence electrons. The summed E-state index contributed by atoms with van der Waals surface area (Å²) < 4.78 is 6.69. The third-order valence-corrected chi connectivity index (χ3v) is 3.64. The minimum absolute atomic E-state index is 0.525. The zero-order valence-electron chi connectivity index (χ0n) is 10.6. The van der Waals surface area contributed by atoms with Crippen molar-refractivity contribution in [3.8, 4) is 11.3 Å². The van der Waals surface area contributed by atoms with Crippen LogP contribution in [-0.4, -0.2) is 11.1 Å². The first-order chi connectivity index (χ1) is 8.97. The molecule has 0 saturated carbocycles. The molecule has 0 unspecified atom stereocenters. The van der Waals surface area contributed by atoms with E-state index in [9.17, 15) is 4.79 Å². The van der Waals surface area contributed by atoms with Gasteiger partial charge in [0.25, 0.3) is 0 Å². The highest BCUT2D eigenvalue weighted by Gasteiger charge is 2.09. The van der Waals surface area contributed by atoms with Gasteiger partial charge in [0, 0.05) is 16.1 Å². The molecule has 0 fully saturated rings. The van der Waals surface area contributed by atoms with Crippen molar-refractivity contribution >= 4 is 28.0 Å². The number of hydrogen-bond acceptors (Lipinski definition) is 2. The lowest BCUT2D eigenvalue weighted by atomic mass is 10.0. The Morgan fingerprint density at radius 3 is 2.68 bits per heavy atom. The van der Waals surface area contributed by atoms with Gasteiger partial charge in [-0.25, -0.2) is 4.79 Å². The number of hydrogen-bond donors (Lipinski definition) is 1. The molecule has 19 heavy (non-hydrogen) atoms. The second kappa shape index (κ2) is 5.45. The Bertz CT molecular complexity index is 653. The minimum Gasteiger partial charge on any atom is -0.478 e. The molecular weight excluding hydrogens is 308 g/mol. The Balaban J connectivity index is 2.38. The summed E-state index contributed by atoms with van der Waals surface area (Å²) in [4.78, 5) is 10.5. The van der Waals surface area contributed by atoms with Crippen molar-refractivity contribution in [3.63, 3.8) is 0 Å². The number of benzene rings is 1. The summed E-state index contributed by atoms with van der Waals surface area (Å²) in [6, 6.07) is 7.69. The molecule has 0 atom stereocenters. The number of aryl methyl sites for hydroxylation is 2. The lowest BCUT2D eigenvalue weighted by Gasteiger charge is -2.06. The smallest absolute Gasteiger partial charge is 0.328 e. The van der Waals surface area contributed by atoms with Crippen molar-refractivity contribution in [2.75, 3.05) is 0 Å². The molecule has 3 nitrogen and oxygen atoms in total. The first-order valence-electron chi connectivity index (χ1n) is 5.75. The van der Waals surface area contributed by atoms with Gasteiger partial charge in [0.05, 0.1) is 0 Å². The first-order valence-corrected chi connectivity index (χ1v) is 6.54. The Kier molecular flexibility index (Phi) is 3.90. The monoisotopic (exact) mass is 320 g/mol. The van der Waals surface area contributed by atoms with Crippen molar-refractivity contribution in [2.45, 2.75) is 13.8 Å². The largest absolute Gasteiger partial charge is 0.478 e. The van der Waals surface area contributed by atoms with Crippen LogP contribution in [0.2, 0.25) is 0 Å². The van der Waals surface area contributed by atoms with Crippen molar-refractivity contribution in [2.24, 2.45) is 0 Å². The van der Waals surface area contributed by atoms with Gasteiger partial charge < -0.3 is 9.52 Å². The molecule has 0 bridgehead atoms. The lowest BCUT2D eigenvalue weighted by Crippen LogP contribution is -1.85. The Hall–Kier alpha value is -1.81. The second-order valence-electron chi connectivity index (χ2n) is 4.29. The number of carboxylic acids is 1. The van der Waals surface area contributed by atoms with E-state index in [1.165, 1.54) is 6.08 Å². The average molecular weight is 321 g/mol. The van der Waals surface area contributed by atoms with Crippen LogP contribution in [0, 0.1) is 13.8 Å². The molecule has 0 spiro atoms. The van der Waals surface area contributed by atoms with E-state index in [1.807, 2.05) is 32.0 Å². The van der Waals surface area contributed by atoms with Crippen LogP contribution in [0.1, 0.15) is 16.9 Å². The molecule has 2 rings (SSSR count). The summed E-state index contributed by atoms with van der Waals surface area (Å²) in [5, 5.41) is 8.58. The van der Waals surface area contributed by atoms with Crippen LogP contribution in [0.5, 0.6) is 0 Å². The fourth-order valence-corrected chi connectivity index (χ4v) is 2.24. The van der Waals surface area contributed by atoms with Gasteiger partial charge in [-0.15, -0.1) is 0 Å². The van der Waals surface area contributed by atoms with E-state index in [2.05, 4.69) is 15.9 Å². The molecule has 0 amide bonds. The van der Waals surface area contributed by atoms with Gasteiger partial charge in [-0.05, 0) is 55.3 Å². The number of aliphatic carboxylic acids is 1. The number of furan rings is 1. The lowest BCUT2D eigenvalue weighted by molar-refractivity contribution is -0.131. The summed E-state index contributed by atoms with van der Waals surface area (Å²) in [6.45, 7) is 4.02. The number of rotatable bonds is 3. The van der Waals surface area contributed by atoms with Gasteiger partial charge in [-0.1, -0.05) is 15.9 Å². The molecule has 0 aliphatic carbocycles. The van der Waals surface area contributed by atoms with Crippen LogP contribution >= 0.6 is 15.9 Å². The standard InChI is InChI=1S/C15H13BrO3/c1-9-8-13(16)10(2)7-12(9)14-5-3-11(19-14)4-6-15(17)18/h3-8H,1-2H3,(H,17,18)/b6-4+. The van der Waals surface area contributed by atoms with Gasteiger partial charge in [-0.3, -0.25) is 0 Å². The zero-order valence-corrected chi connectivity index (χ0v) is 12.2. The summed E-state index contributed by atoms with van der Waals surface area (Å²) in [5.41, 5.74) is 3.23. The fourth-order valence-electron chi connectivity index (χ4n) is 1.79. The fraction of sp³-hybridized carbons (Fsp3) is 0.133.